The first kappa shape index (κ1) is 32.6. The quantitative estimate of drug-likeness (QED) is 0.301. The first-order chi connectivity index (χ1) is 21.8. The van der Waals surface area contributed by atoms with Crippen LogP contribution in [0.15, 0.2) is 73.8 Å². The molecule has 240 valence electrons. The minimum Gasteiger partial charge on any atom is -0.497 e. The number of hydrogen-bond donors (Lipinski definition) is 1. The van der Waals surface area contributed by atoms with Crippen molar-refractivity contribution in [1.29, 1.82) is 0 Å². The lowest BCUT2D eigenvalue weighted by atomic mass is 9.70. The second kappa shape index (κ2) is 13.7. The summed E-state index contributed by atoms with van der Waals surface area (Å²) in [6.45, 7) is 12.4. The zero-order valence-corrected chi connectivity index (χ0v) is 27.1. The summed E-state index contributed by atoms with van der Waals surface area (Å²) in [6, 6.07) is 13.2. The van der Waals surface area contributed by atoms with Crippen LogP contribution in [0.25, 0.3) is 0 Å². The number of amides is 3. The highest BCUT2D eigenvalue weighted by atomic mass is 32.2. The third kappa shape index (κ3) is 5.63. The Balaban J connectivity index is 1.55. The van der Waals surface area contributed by atoms with E-state index in [1.54, 1.807) is 57.9 Å². The zero-order valence-electron chi connectivity index (χ0n) is 26.3. The van der Waals surface area contributed by atoms with Crippen LogP contribution in [0, 0.1) is 11.8 Å². The van der Waals surface area contributed by atoms with Crippen molar-refractivity contribution in [2.24, 2.45) is 11.8 Å². The molecule has 10 heteroatoms. The van der Waals surface area contributed by atoms with Gasteiger partial charge in [0, 0.05) is 29.7 Å². The van der Waals surface area contributed by atoms with Gasteiger partial charge in [-0.15, -0.1) is 24.9 Å². The van der Waals surface area contributed by atoms with Gasteiger partial charge < -0.3 is 29.3 Å². The Morgan fingerprint density at radius 2 is 1.60 bits per heavy atom. The Bertz CT molecular complexity index is 1410. The Kier molecular flexibility index (Phi) is 9.94. The molecule has 0 radical (unpaired) electrons. The van der Waals surface area contributed by atoms with Crippen molar-refractivity contribution in [3.63, 3.8) is 0 Å². The first-order valence-corrected chi connectivity index (χ1v) is 16.5. The third-order valence-corrected chi connectivity index (χ3v) is 11.3. The molecule has 3 heterocycles. The molecule has 2 bridgehead atoms. The maximum absolute atomic E-state index is 14.8. The average Bonchev–Trinajstić information content (AvgIpc) is 3.71. The van der Waals surface area contributed by atoms with E-state index in [0.717, 1.165) is 0 Å². The van der Waals surface area contributed by atoms with E-state index >= 15 is 0 Å². The fourth-order valence-corrected chi connectivity index (χ4v) is 9.53. The second-order valence-corrected chi connectivity index (χ2v) is 13.2. The van der Waals surface area contributed by atoms with Crippen molar-refractivity contribution in [2.45, 2.75) is 55.2 Å². The smallest absolute Gasteiger partial charge is 0.251 e. The predicted octanol–water partition coefficient (Wildman–Crippen LogP) is 4.69. The van der Waals surface area contributed by atoms with Crippen LogP contribution in [0.2, 0.25) is 0 Å². The maximum Gasteiger partial charge on any atom is 0.251 e. The van der Waals surface area contributed by atoms with Gasteiger partial charge in [-0.25, -0.2) is 0 Å². The van der Waals surface area contributed by atoms with Gasteiger partial charge in [-0.05, 0) is 74.7 Å². The van der Waals surface area contributed by atoms with Gasteiger partial charge in [0.2, 0.25) is 11.8 Å². The summed E-state index contributed by atoms with van der Waals surface area (Å²) >= 11 is 1.61. The van der Waals surface area contributed by atoms with Crippen molar-refractivity contribution in [3.05, 3.63) is 73.8 Å². The van der Waals surface area contributed by atoms with Gasteiger partial charge in [-0.1, -0.05) is 19.1 Å². The summed E-state index contributed by atoms with van der Waals surface area (Å²) in [4.78, 5) is 48.8. The van der Waals surface area contributed by atoms with E-state index in [1.165, 1.54) is 0 Å². The molecule has 3 aliphatic heterocycles. The fourth-order valence-electron chi connectivity index (χ4n) is 7.34. The number of nitrogens with zero attached hydrogens (tertiary/aromatic N) is 3. The van der Waals surface area contributed by atoms with Crippen LogP contribution in [0.3, 0.4) is 0 Å². The van der Waals surface area contributed by atoms with Crippen LogP contribution in [-0.2, 0) is 14.4 Å². The molecule has 6 atom stereocenters. The Morgan fingerprint density at radius 3 is 2.11 bits per heavy atom. The summed E-state index contributed by atoms with van der Waals surface area (Å²) in [5, 5.41) is 10.3. The zero-order chi connectivity index (χ0) is 32.3. The van der Waals surface area contributed by atoms with E-state index < -0.39 is 28.7 Å². The topological polar surface area (TPSA) is 99.6 Å². The molecule has 3 fully saturated rings. The molecule has 3 amide bonds. The normalized spacial score (nSPS) is 25.4. The van der Waals surface area contributed by atoms with Gasteiger partial charge in [0.05, 0.1) is 42.9 Å². The van der Waals surface area contributed by atoms with Crippen LogP contribution in [0.1, 0.15) is 33.1 Å². The minimum absolute atomic E-state index is 0.109. The minimum atomic E-state index is -0.847. The lowest BCUT2D eigenvalue weighted by Crippen LogP contribution is -2.57. The number of methoxy groups -OCH3 is 1. The molecule has 2 aromatic rings. The maximum atomic E-state index is 14.8. The van der Waals surface area contributed by atoms with Crippen LogP contribution in [0.4, 0.5) is 11.4 Å². The molecule has 0 aliphatic carbocycles. The number of thioether (sulfide) groups is 1. The number of rotatable bonds is 14. The van der Waals surface area contributed by atoms with Crippen molar-refractivity contribution >= 4 is 40.9 Å². The number of benzene rings is 2. The van der Waals surface area contributed by atoms with Crippen LogP contribution >= 0.6 is 11.8 Å². The molecular weight excluding hydrogens is 590 g/mol. The molecule has 2 aromatic carbocycles. The van der Waals surface area contributed by atoms with Crippen molar-refractivity contribution in [2.75, 3.05) is 43.2 Å². The van der Waals surface area contributed by atoms with Gasteiger partial charge in [0.15, 0.2) is 0 Å². The number of fused-ring (bicyclic) bond motifs is 1. The molecule has 9 nitrogen and oxygen atoms in total. The van der Waals surface area contributed by atoms with E-state index in [-0.39, 0.29) is 42.7 Å². The van der Waals surface area contributed by atoms with Gasteiger partial charge in [0.1, 0.15) is 17.5 Å². The second-order valence-electron chi connectivity index (χ2n) is 11.6. The van der Waals surface area contributed by atoms with Crippen molar-refractivity contribution < 1.29 is 29.0 Å². The van der Waals surface area contributed by atoms with E-state index in [9.17, 15) is 19.5 Å². The van der Waals surface area contributed by atoms with Gasteiger partial charge in [-0.2, -0.15) is 0 Å². The molecule has 5 rings (SSSR count). The van der Waals surface area contributed by atoms with E-state index in [1.807, 2.05) is 50.2 Å². The third-order valence-electron chi connectivity index (χ3n) is 9.33. The number of hydrogen-bond acceptors (Lipinski definition) is 7. The van der Waals surface area contributed by atoms with E-state index in [4.69, 9.17) is 9.47 Å². The molecule has 45 heavy (non-hydrogen) atoms. The standard InChI is InChI=1S/C35H43N3O6S/c1-6-20-36(24-12-16-27(17-13-24)44-9-4)32(40)29-28-18-19-35(45-28)30(29)33(41)38(23(8-3)22-39)31(35)34(42)37(21-7-2)25-10-14-26(43-5)15-11-25/h6-7,10-17,23,28-31,39H,1-2,8-9,18-22H2,3-5H3/t23-,28-,29+,30-,31?,35?/m0/s1. The highest BCUT2D eigenvalue weighted by molar-refractivity contribution is 8.02. The lowest BCUT2D eigenvalue weighted by molar-refractivity contribution is -0.141. The molecule has 1 spiro atoms. The summed E-state index contributed by atoms with van der Waals surface area (Å²) in [6.07, 6.45) is 5.16. The first-order valence-electron chi connectivity index (χ1n) is 15.6. The number of likely N-dealkylation sites (tertiary alicyclic amines) is 1. The molecule has 0 aromatic heterocycles. The average molecular weight is 634 g/mol. The molecule has 2 unspecified atom stereocenters. The number of carbonyl (C=O) groups is 3. The van der Waals surface area contributed by atoms with Crippen molar-refractivity contribution in [3.8, 4) is 11.5 Å². The summed E-state index contributed by atoms with van der Waals surface area (Å²) in [5.41, 5.74) is 1.35. The molecule has 1 N–H and O–H groups in total. The summed E-state index contributed by atoms with van der Waals surface area (Å²) in [7, 11) is 1.58. The van der Waals surface area contributed by atoms with Crippen molar-refractivity contribution in [1.82, 2.24) is 4.90 Å². The Labute approximate surface area is 269 Å². The molecule has 3 aliphatic rings. The number of aliphatic hydroxyl groups excluding tert-OH is 1. The number of anilines is 2. The predicted molar refractivity (Wildman–Crippen MR) is 178 cm³/mol. The van der Waals surface area contributed by atoms with Gasteiger partial charge in [0.25, 0.3) is 5.91 Å². The Morgan fingerprint density at radius 1 is 1.02 bits per heavy atom. The Hall–Kier alpha value is -3.76. The highest BCUT2D eigenvalue weighted by Gasteiger charge is 2.74. The summed E-state index contributed by atoms with van der Waals surface area (Å²) < 4.78 is 10.1. The SMILES string of the molecule is C=CCN(C(=O)C1N([C@@H](CC)CO)C(=O)[C@@H]2[C@H](C(=O)N(CC=C)c3ccc(OCC)cc3)[C@@H]3CCC12S3)c1ccc(OC)cc1. The largest absolute Gasteiger partial charge is 0.497 e. The monoisotopic (exact) mass is 633 g/mol. The van der Waals surface area contributed by atoms with Crippen LogP contribution in [0.5, 0.6) is 11.5 Å². The van der Waals surface area contributed by atoms with Crippen LogP contribution in [-0.4, -0.2) is 83.2 Å². The van der Waals surface area contributed by atoms with E-state index in [2.05, 4.69) is 13.2 Å². The molecule has 3 saturated heterocycles. The van der Waals surface area contributed by atoms with E-state index in [0.29, 0.717) is 48.7 Å². The molecular formula is C35H43N3O6S. The van der Waals surface area contributed by atoms with Crippen LogP contribution < -0.4 is 19.3 Å². The fraction of sp³-hybridized carbons (Fsp3) is 0.457. The van der Waals surface area contributed by atoms with Gasteiger partial charge in [-0.3, -0.25) is 14.4 Å². The number of carbonyl (C=O) groups excluding carboxylic acids is 3. The molecule has 0 saturated carbocycles. The number of ether oxygens (including phenoxy) is 2. The highest BCUT2D eigenvalue weighted by Crippen LogP contribution is 2.67. The van der Waals surface area contributed by atoms with Gasteiger partial charge >= 0.3 is 0 Å². The lowest BCUT2D eigenvalue weighted by Gasteiger charge is -2.39. The number of aliphatic hydroxyl groups is 1. The summed E-state index contributed by atoms with van der Waals surface area (Å²) in [5.74, 6) is -0.567.